The molecule has 0 aliphatic carbocycles. The molecule has 5 nitrogen and oxygen atoms in total. The monoisotopic (exact) mass is 369 g/mol. The number of nitrogens with one attached hydrogen (secondary N) is 1. The molecular weight excluding hydrogens is 350 g/mol. The Labute approximate surface area is 157 Å². The van der Waals surface area contributed by atoms with Gasteiger partial charge in [-0.2, -0.15) is 5.10 Å². The van der Waals surface area contributed by atoms with Crippen molar-refractivity contribution < 1.29 is 9.47 Å². The quantitative estimate of drug-likeness (QED) is 0.736. The zero-order valence-corrected chi connectivity index (χ0v) is 15.7. The van der Waals surface area contributed by atoms with E-state index in [9.17, 15) is 0 Å². The van der Waals surface area contributed by atoms with Crippen molar-refractivity contribution in [3.8, 4) is 28.4 Å². The predicted octanol–water partition coefficient (Wildman–Crippen LogP) is 4.49. The molecule has 1 aliphatic heterocycles. The van der Waals surface area contributed by atoms with Crippen LogP contribution in [0.5, 0.6) is 11.5 Å². The molecule has 26 heavy (non-hydrogen) atoms. The van der Waals surface area contributed by atoms with E-state index in [2.05, 4.69) is 5.32 Å². The molecule has 1 N–H and O–H groups in total. The van der Waals surface area contributed by atoms with Crippen LogP contribution in [0.25, 0.3) is 16.9 Å². The highest BCUT2D eigenvalue weighted by Crippen LogP contribution is 2.40. The van der Waals surface area contributed by atoms with Gasteiger partial charge in [0.15, 0.2) is 0 Å². The first-order valence-corrected chi connectivity index (χ1v) is 8.85. The van der Waals surface area contributed by atoms with E-state index in [0.717, 1.165) is 57.8 Å². The van der Waals surface area contributed by atoms with Gasteiger partial charge < -0.3 is 14.8 Å². The lowest BCUT2D eigenvalue weighted by atomic mass is 10.1. The number of methoxy groups -OCH3 is 2. The van der Waals surface area contributed by atoms with Crippen LogP contribution in [0.4, 0.5) is 5.82 Å². The van der Waals surface area contributed by atoms with E-state index in [1.807, 2.05) is 48.0 Å². The summed E-state index contributed by atoms with van der Waals surface area (Å²) in [6.07, 6.45) is 0.916. The van der Waals surface area contributed by atoms with E-state index in [-0.39, 0.29) is 0 Å². The Morgan fingerprint density at radius 1 is 1.15 bits per heavy atom. The van der Waals surface area contributed by atoms with Crippen molar-refractivity contribution >= 4 is 17.4 Å². The molecule has 134 valence electrons. The summed E-state index contributed by atoms with van der Waals surface area (Å²) in [6.45, 7) is 2.90. The van der Waals surface area contributed by atoms with Crippen LogP contribution in [-0.4, -0.2) is 30.5 Å². The van der Waals surface area contributed by atoms with Gasteiger partial charge in [-0.25, -0.2) is 4.68 Å². The molecule has 2 aromatic carbocycles. The first kappa shape index (κ1) is 16.8. The maximum absolute atomic E-state index is 6.32. The first-order chi connectivity index (χ1) is 12.6. The summed E-state index contributed by atoms with van der Waals surface area (Å²) in [4.78, 5) is 0. The molecule has 0 radical (unpaired) electrons. The number of anilines is 1. The number of benzene rings is 2. The number of hydrogen-bond donors (Lipinski definition) is 1. The predicted molar refractivity (Wildman–Crippen MR) is 104 cm³/mol. The van der Waals surface area contributed by atoms with Gasteiger partial charge in [-0.15, -0.1) is 0 Å². The smallest absolute Gasteiger partial charge is 0.133 e. The van der Waals surface area contributed by atoms with E-state index in [0.29, 0.717) is 0 Å². The van der Waals surface area contributed by atoms with Gasteiger partial charge in [0.05, 0.1) is 19.9 Å². The number of rotatable bonds is 4. The second-order valence-corrected chi connectivity index (χ2v) is 6.62. The molecule has 0 saturated carbocycles. The van der Waals surface area contributed by atoms with Crippen molar-refractivity contribution in [2.45, 2.75) is 13.3 Å². The molecule has 1 aromatic heterocycles. The maximum atomic E-state index is 6.32. The van der Waals surface area contributed by atoms with Gasteiger partial charge in [0.2, 0.25) is 0 Å². The van der Waals surface area contributed by atoms with E-state index in [1.54, 1.807) is 14.2 Å². The second-order valence-electron chi connectivity index (χ2n) is 6.21. The molecule has 4 rings (SSSR count). The molecule has 6 heteroatoms. The average Bonchev–Trinajstić information content (AvgIpc) is 3.26. The summed E-state index contributed by atoms with van der Waals surface area (Å²) in [6, 6.07) is 11.7. The Hall–Kier alpha value is -2.66. The fourth-order valence-corrected chi connectivity index (χ4v) is 3.55. The van der Waals surface area contributed by atoms with Crippen molar-refractivity contribution in [2.24, 2.45) is 0 Å². The summed E-state index contributed by atoms with van der Waals surface area (Å²) >= 11 is 6.32. The van der Waals surface area contributed by atoms with Crippen molar-refractivity contribution in [3.63, 3.8) is 0 Å². The summed E-state index contributed by atoms with van der Waals surface area (Å²) in [7, 11) is 3.31. The first-order valence-electron chi connectivity index (χ1n) is 8.47. The standard InChI is InChI=1S/C20H20ClN3O2/c1-12-16(21)5-4-6-17(12)24-20-15(9-10-22-20)19(23-24)14-8-7-13(25-2)11-18(14)26-3/h4-8,11,22H,9-10H2,1-3H3. The topological polar surface area (TPSA) is 48.3 Å². The van der Waals surface area contributed by atoms with Gasteiger partial charge in [0.25, 0.3) is 0 Å². The minimum absolute atomic E-state index is 0.730. The van der Waals surface area contributed by atoms with Crippen molar-refractivity contribution in [1.82, 2.24) is 9.78 Å². The van der Waals surface area contributed by atoms with E-state index in [1.165, 1.54) is 5.56 Å². The lowest BCUT2D eigenvalue weighted by Crippen LogP contribution is -2.06. The second kappa shape index (κ2) is 6.57. The lowest BCUT2D eigenvalue weighted by molar-refractivity contribution is 0.395. The number of fused-ring (bicyclic) bond motifs is 1. The van der Waals surface area contributed by atoms with Crippen molar-refractivity contribution in [1.29, 1.82) is 0 Å². The highest BCUT2D eigenvalue weighted by atomic mass is 35.5. The number of halogens is 1. The van der Waals surface area contributed by atoms with Crippen LogP contribution in [0.2, 0.25) is 5.02 Å². The molecular formula is C20H20ClN3O2. The number of hydrogen-bond acceptors (Lipinski definition) is 4. The maximum Gasteiger partial charge on any atom is 0.133 e. The minimum atomic E-state index is 0.730. The molecule has 0 spiro atoms. The normalized spacial score (nSPS) is 12.6. The SMILES string of the molecule is COc1ccc(-c2nn(-c3cccc(Cl)c3C)c3c2CCN3)c(OC)c1. The molecule has 0 atom stereocenters. The van der Waals surface area contributed by atoms with Crippen molar-refractivity contribution in [2.75, 3.05) is 26.1 Å². The summed E-state index contributed by atoms with van der Waals surface area (Å²) in [5.74, 6) is 2.51. The number of ether oxygens (including phenoxy) is 2. The van der Waals surface area contributed by atoms with E-state index >= 15 is 0 Å². The Morgan fingerprint density at radius 2 is 2.00 bits per heavy atom. The van der Waals surface area contributed by atoms with Crippen molar-refractivity contribution in [3.05, 3.63) is 52.5 Å². The Bertz CT molecular complexity index is 981. The van der Waals surface area contributed by atoms with Crippen LogP contribution < -0.4 is 14.8 Å². The molecule has 3 aromatic rings. The Kier molecular flexibility index (Phi) is 4.24. The largest absolute Gasteiger partial charge is 0.497 e. The van der Waals surface area contributed by atoms with Crippen LogP contribution in [0.15, 0.2) is 36.4 Å². The van der Waals surface area contributed by atoms with Gasteiger partial charge in [-0.05, 0) is 43.2 Å². The molecule has 0 saturated heterocycles. The Morgan fingerprint density at radius 3 is 2.77 bits per heavy atom. The highest BCUT2D eigenvalue weighted by Gasteiger charge is 2.26. The van der Waals surface area contributed by atoms with Gasteiger partial charge in [-0.1, -0.05) is 17.7 Å². The van der Waals surface area contributed by atoms with Gasteiger partial charge in [0, 0.05) is 28.8 Å². The van der Waals surface area contributed by atoms with Crippen LogP contribution in [0.3, 0.4) is 0 Å². The summed E-state index contributed by atoms with van der Waals surface area (Å²) < 4.78 is 12.8. The van der Waals surface area contributed by atoms with Crippen LogP contribution >= 0.6 is 11.6 Å². The number of nitrogens with zero attached hydrogens (tertiary/aromatic N) is 2. The fraction of sp³-hybridized carbons (Fsp3) is 0.250. The molecule has 0 amide bonds. The van der Waals surface area contributed by atoms with Crippen LogP contribution in [-0.2, 0) is 6.42 Å². The average molecular weight is 370 g/mol. The molecule has 1 aliphatic rings. The molecule has 2 heterocycles. The van der Waals surface area contributed by atoms with Gasteiger partial charge >= 0.3 is 0 Å². The van der Waals surface area contributed by atoms with Crippen LogP contribution in [0.1, 0.15) is 11.1 Å². The third-order valence-corrected chi connectivity index (χ3v) is 5.19. The van der Waals surface area contributed by atoms with Crippen LogP contribution in [0, 0.1) is 6.92 Å². The van der Waals surface area contributed by atoms with Gasteiger partial charge in [0.1, 0.15) is 23.0 Å². The third-order valence-electron chi connectivity index (χ3n) is 4.78. The molecule has 0 unspecified atom stereocenters. The lowest BCUT2D eigenvalue weighted by Gasteiger charge is -2.11. The van der Waals surface area contributed by atoms with E-state index < -0.39 is 0 Å². The minimum Gasteiger partial charge on any atom is -0.497 e. The zero-order valence-electron chi connectivity index (χ0n) is 15.0. The summed E-state index contributed by atoms with van der Waals surface area (Å²) in [5, 5.41) is 9.10. The fourth-order valence-electron chi connectivity index (χ4n) is 3.39. The highest BCUT2D eigenvalue weighted by molar-refractivity contribution is 6.31. The summed E-state index contributed by atoms with van der Waals surface area (Å²) in [5.41, 5.74) is 5.03. The molecule has 0 bridgehead atoms. The molecule has 0 fully saturated rings. The Balaban J connectivity index is 1.92. The number of aromatic nitrogens is 2. The third kappa shape index (κ3) is 2.59. The van der Waals surface area contributed by atoms with Gasteiger partial charge in [-0.3, -0.25) is 0 Å². The van der Waals surface area contributed by atoms with E-state index in [4.69, 9.17) is 26.2 Å². The zero-order chi connectivity index (χ0) is 18.3.